The van der Waals surface area contributed by atoms with Crippen LogP contribution in [0.5, 0.6) is 0 Å². The molecule has 2 N–H and O–H groups in total. The zero-order valence-corrected chi connectivity index (χ0v) is 12.9. The highest BCUT2D eigenvalue weighted by Gasteiger charge is 2.25. The second-order valence-electron chi connectivity index (χ2n) is 6.01. The number of hydrogen-bond acceptors (Lipinski definition) is 3. The molecule has 1 amide bonds. The van der Waals surface area contributed by atoms with Crippen LogP contribution in [-0.2, 0) is 11.3 Å². The summed E-state index contributed by atoms with van der Waals surface area (Å²) in [6, 6.07) is 8.47. The first-order valence-electron chi connectivity index (χ1n) is 7.74. The van der Waals surface area contributed by atoms with Gasteiger partial charge in [-0.3, -0.25) is 9.48 Å². The van der Waals surface area contributed by atoms with Crippen LogP contribution in [0.4, 0.5) is 5.69 Å². The predicted molar refractivity (Wildman–Crippen MR) is 86.4 cm³/mol. The molecule has 22 heavy (non-hydrogen) atoms. The molecule has 0 unspecified atom stereocenters. The lowest BCUT2D eigenvalue weighted by Crippen LogP contribution is -2.41. The van der Waals surface area contributed by atoms with Crippen LogP contribution < -0.4 is 5.73 Å². The molecule has 1 atom stereocenters. The number of amides is 1. The lowest BCUT2D eigenvalue weighted by molar-refractivity contribution is -0.133. The smallest absolute Gasteiger partial charge is 0.244 e. The summed E-state index contributed by atoms with van der Waals surface area (Å²) in [6.07, 6.45) is 5.45. The molecule has 1 fully saturated rings. The fourth-order valence-corrected chi connectivity index (χ4v) is 3.21. The van der Waals surface area contributed by atoms with Crippen molar-refractivity contribution in [2.75, 3.05) is 18.8 Å². The van der Waals surface area contributed by atoms with Crippen LogP contribution in [0.2, 0.25) is 0 Å². The van der Waals surface area contributed by atoms with Crippen molar-refractivity contribution in [3.05, 3.63) is 47.8 Å². The number of aryl methyl sites for hydroxylation is 1. The first kappa shape index (κ1) is 14.6. The molecule has 1 saturated heterocycles. The fraction of sp³-hybridized carbons (Fsp3) is 0.412. The Labute approximate surface area is 130 Å². The van der Waals surface area contributed by atoms with Gasteiger partial charge in [0.2, 0.25) is 5.91 Å². The van der Waals surface area contributed by atoms with Crippen LogP contribution in [-0.4, -0.2) is 33.7 Å². The van der Waals surface area contributed by atoms with Gasteiger partial charge in [0, 0.05) is 25.2 Å². The van der Waals surface area contributed by atoms with E-state index in [1.54, 1.807) is 17.1 Å². The SMILES string of the molecule is Cc1ccccc1[C@H]1CCCN(C(=O)Cn2cc(N)cn2)C1. The third-order valence-corrected chi connectivity index (χ3v) is 4.35. The molecule has 1 aliphatic rings. The van der Waals surface area contributed by atoms with E-state index in [9.17, 15) is 4.79 Å². The number of anilines is 1. The topological polar surface area (TPSA) is 64.2 Å². The maximum atomic E-state index is 12.5. The second-order valence-corrected chi connectivity index (χ2v) is 6.01. The zero-order chi connectivity index (χ0) is 15.5. The lowest BCUT2D eigenvalue weighted by Gasteiger charge is -2.33. The van der Waals surface area contributed by atoms with E-state index in [1.807, 2.05) is 4.90 Å². The minimum Gasteiger partial charge on any atom is -0.396 e. The monoisotopic (exact) mass is 298 g/mol. The molecular formula is C17H22N4O. The predicted octanol–water partition coefficient (Wildman–Crippen LogP) is 2.18. The Balaban J connectivity index is 1.67. The molecule has 5 nitrogen and oxygen atoms in total. The number of piperidine rings is 1. The van der Waals surface area contributed by atoms with E-state index in [4.69, 9.17) is 5.73 Å². The number of carbonyl (C=O) groups excluding carboxylic acids is 1. The van der Waals surface area contributed by atoms with E-state index >= 15 is 0 Å². The second kappa shape index (κ2) is 6.22. The van der Waals surface area contributed by atoms with Crippen molar-refractivity contribution in [3.8, 4) is 0 Å². The third kappa shape index (κ3) is 3.13. The highest BCUT2D eigenvalue weighted by Crippen LogP contribution is 2.29. The van der Waals surface area contributed by atoms with E-state index in [1.165, 1.54) is 11.1 Å². The van der Waals surface area contributed by atoms with Gasteiger partial charge in [-0.25, -0.2) is 0 Å². The molecule has 5 heteroatoms. The van der Waals surface area contributed by atoms with Crippen LogP contribution >= 0.6 is 0 Å². The summed E-state index contributed by atoms with van der Waals surface area (Å²) in [5.41, 5.74) is 8.90. The van der Waals surface area contributed by atoms with E-state index in [0.717, 1.165) is 25.9 Å². The maximum absolute atomic E-state index is 12.5. The molecule has 2 aromatic rings. The minimum absolute atomic E-state index is 0.112. The minimum atomic E-state index is 0.112. The van der Waals surface area contributed by atoms with Crippen LogP contribution in [0.1, 0.15) is 29.9 Å². The number of nitrogens with two attached hydrogens (primary N) is 1. The van der Waals surface area contributed by atoms with Gasteiger partial charge in [0.25, 0.3) is 0 Å². The Morgan fingerprint density at radius 3 is 2.95 bits per heavy atom. The van der Waals surface area contributed by atoms with Gasteiger partial charge >= 0.3 is 0 Å². The third-order valence-electron chi connectivity index (χ3n) is 4.35. The van der Waals surface area contributed by atoms with E-state index in [2.05, 4.69) is 36.3 Å². The number of hydrogen-bond donors (Lipinski definition) is 1. The summed E-state index contributed by atoms with van der Waals surface area (Å²) >= 11 is 0. The van der Waals surface area contributed by atoms with Gasteiger partial charge in [0.05, 0.1) is 11.9 Å². The van der Waals surface area contributed by atoms with Gasteiger partial charge in [-0.15, -0.1) is 0 Å². The number of likely N-dealkylation sites (tertiary alicyclic amines) is 1. The molecule has 2 heterocycles. The van der Waals surface area contributed by atoms with Crippen LogP contribution in [0, 0.1) is 6.92 Å². The van der Waals surface area contributed by atoms with Gasteiger partial charge in [0.1, 0.15) is 6.54 Å². The van der Waals surface area contributed by atoms with Gasteiger partial charge in [-0.2, -0.15) is 5.10 Å². The normalized spacial score (nSPS) is 18.4. The van der Waals surface area contributed by atoms with Crippen molar-refractivity contribution in [2.45, 2.75) is 32.2 Å². The molecule has 0 bridgehead atoms. The molecular weight excluding hydrogens is 276 g/mol. The van der Waals surface area contributed by atoms with E-state index in [0.29, 0.717) is 11.6 Å². The molecule has 1 aromatic carbocycles. The van der Waals surface area contributed by atoms with Gasteiger partial charge < -0.3 is 10.6 Å². The summed E-state index contributed by atoms with van der Waals surface area (Å²) in [5, 5.41) is 4.09. The number of rotatable bonds is 3. The number of carbonyl (C=O) groups is 1. The lowest BCUT2D eigenvalue weighted by atomic mass is 9.88. The first-order chi connectivity index (χ1) is 10.6. The molecule has 1 aliphatic heterocycles. The van der Waals surface area contributed by atoms with Crippen molar-refractivity contribution in [3.63, 3.8) is 0 Å². The van der Waals surface area contributed by atoms with Crippen LogP contribution in [0.15, 0.2) is 36.7 Å². The molecule has 0 radical (unpaired) electrons. The van der Waals surface area contributed by atoms with Crippen molar-refractivity contribution < 1.29 is 4.79 Å². The van der Waals surface area contributed by atoms with E-state index < -0.39 is 0 Å². The Bertz CT molecular complexity index is 664. The molecule has 116 valence electrons. The Morgan fingerprint density at radius 2 is 2.23 bits per heavy atom. The summed E-state index contributed by atoms with van der Waals surface area (Å²) < 4.78 is 1.61. The number of benzene rings is 1. The molecule has 1 aromatic heterocycles. The standard InChI is InChI=1S/C17H22N4O/c1-13-5-2-3-7-16(13)14-6-4-8-20(10-14)17(22)12-21-11-15(18)9-19-21/h2-3,5,7,9,11,14H,4,6,8,10,12,18H2,1H3/t14-/m0/s1. The molecule has 0 spiro atoms. The summed E-state index contributed by atoms with van der Waals surface area (Å²) in [6.45, 7) is 4.03. The van der Waals surface area contributed by atoms with Crippen LogP contribution in [0.3, 0.4) is 0 Å². The fourth-order valence-electron chi connectivity index (χ4n) is 3.21. The van der Waals surface area contributed by atoms with Crippen molar-refractivity contribution in [2.24, 2.45) is 0 Å². The van der Waals surface area contributed by atoms with Crippen molar-refractivity contribution >= 4 is 11.6 Å². The van der Waals surface area contributed by atoms with Gasteiger partial charge in [-0.05, 0) is 30.9 Å². The molecule has 3 rings (SSSR count). The van der Waals surface area contributed by atoms with Crippen molar-refractivity contribution in [1.82, 2.24) is 14.7 Å². The highest BCUT2D eigenvalue weighted by molar-refractivity contribution is 5.76. The average Bonchev–Trinajstić information content (AvgIpc) is 2.93. The summed E-state index contributed by atoms with van der Waals surface area (Å²) in [4.78, 5) is 14.4. The Hall–Kier alpha value is -2.30. The first-order valence-corrected chi connectivity index (χ1v) is 7.74. The number of aromatic nitrogens is 2. The quantitative estimate of drug-likeness (QED) is 0.944. The average molecular weight is 298 g/mol. The van der Waals surface area contributed by atoms with Gasteiger partial charge in [-0.1, -0.05) is 24.3 Å². The molecule has 0 aliphatic carbocycles. The van der Waals surface area contributed by atoms with E-state index in [-0.39, 0.29) is 12.5 Å². The Morgan fingerprint density at radius 1 is 1.41 bits per heavy atom. The van der Waals surface area contributed by atoms with Gasteiger partial charge in [0.15, 0.2) is 0 Å². The Kier molecular flexibility index (Phi) is 4.13. The summed E-state index contributed by atoms with van der Waals surface area (Å²) in [5.74, 6) is 0.544. The zero-order valence-electron chi connectivity index (χ0n) is 12.9. The van der Waals surface area contributed by atoms with Crippen molar-refractivity contribution in [1.29, 1.82) is 0 Å². The highest BCUT2D eigenvalue weighted by atomic mass is 16.2. The molecule has 0 saturated carbocycles. The largest absolute Gasteiger partial charge is 0.396 e. The number of nitrogens with zero attached hydrogens (tertiary/aromatic N) is 3. The summed E-state index contributed by atoms with van der Waals surface area (Å²) in [7, 11) is 0. The number of nitrogen functional groups attached to an aromatic ring is 1. The maximum Gasteiger partial charge on any atom is 0.244 e. The van der Waals surface area contributed by atoms with Crippen LogP contribution in [0.25, 0.3) is 0 Å².